The zero-order chi connectivity index (χ0) is 12.3. The number of nitrogens with two attached hydrogens (primary N) is 1. The third kappa shape index (κ3) is 2.76. The van der Waals surface area contributed by atoms with Gasteiger partial charge < -0.3 is 10.3 Å². The molecule has 1 aromatic carbocycles. The van der Waals surface area contributed by atoms with Crippen LogP contribution in [0.5, 0.6) is 0 Å². The van der Waals surface area contributed by atoms with Crippen molar-refractivity contribution in [2.45, 2.75) is 12.7 Å². The number of rotatable bonds is 4. The molecule has 0 aliphatic heterocycles. The number of nitrogens with zero attached hydrogens (tertiary/aromatic N) is 2. The maximum Gasteiger partial charge on any atom is 0.260 e. The third-order valence-corrected chi connectivity index (χ3v) is 3.02. The summed E-state index contributed by atoms with van der Waals surface area (Å²) in [6.07, 6.45) is 0. The average Bonchev–Trinajstić information content (AvgIpc) is 2.75. The fourth-order valence-electron chi connectivity index (χ4n) is 1.34. The van der Waals surface area contributed by atoms with Crippen LogP contribution in [0.2, 0.25) is 0 Å². The van der Waals surface area contributed by atoms with Crippen LogP contribution in [0.1, 0.15) is 12.7 Å². The monoisotopic (exact) mass is 253 g/mol. The Hall–Kier alpha value is -1.56. The Labute approximate surface area is 102 Å². The van der Waals surface area contributed by atoms with Gasteiger partial charge in [0.25, 0.3) is 5.89 Å². The molecule has 17 heavy (non-hydrogen) atoms. The zero-order valence-corrected chi connectivity index (χ0v) is 10.1. The van der Waals surface area contributed by atoms with Gasteiger partial charge in [-0.2, -0.15) is 16.7 Å². The van der Waals surface area contributed by atoms with Crippen molar-refractivity contribution >= 4 is 17.4 Å². The van der Waals surface area contributed by atoms with Crippen molar-refractivity contribution in [2.75, 3.05) is 11.5 Å². The van der Waals surface area contributed by atoms with Gasteiger partial charge in [-0.05, 0) is 24.0 Å². The lowest BCUT2D eigenvalue weighted by molar-refractivity contribution is 0.425. The van der Waals surface area contributed by atoms with E-state index in [1.165, 1.54) is 18.2 Å². The highest BCUT2D eigenvalue weighted by Crippen LogP contribution is 2.25. The van der Waals surface area contributed by atoms with Crippen LogP contribution in [0.3, 0.4) is 0 Å². The molecule has 0 bridgehead atoms. The Morgan fingerprint density at radius 2 is 2.29 bits per heavy atom. The summed E-state index contributed by atoms with van der Waals surface area (Å²) in [5.41, 5.74) is 6.55. The second kappa shape index (κ2) is 5.18. The fourth-order valence-corrected chi connectivity index (χ4v) is 1.85. The normalized spacial score (nSPS) is 10.7. The lowest BCUT2D eigenvalue weighted by Crippen LogP contribution is -1.91. The molecule has 0 fully saturated rings. The minimum Gasteiger partial charge on any atom is -0.398 e. The van der Waals surface area contributed by atoms with Crippen molar-refractivity contribution in [3.05, 3.63) is 29.8 Å². The van der Waals surface area contributed by atoms with Crippen LogP contribution >= 0.6 is 11.8 Å². The number of thioether (sulfide) groups is 1. The maximum atomic E-state index is 12.9. The fraction of sp³-hybridized carbons (Fsp3) is 0.273. The quantitative estimate of drug-likeness (QED) is 0.849. The van der Waals surface area contributed by atoms with Crippen LogP contribution in [0.15, 0.2) is 22.7 Å². The summed E-state index contributed by atoms with van der Waals surface area (Å²) < 4.78 is 18.0. The topological polar surface area (TPSA) is 64.9 Å². The van der Waals surface area contributed by atoms with Gasteiger partial charge in [0.2, 0.25) is 0 Å². The summed E-state index contributed by atoms with van der Waals surface area (Å²) in [5.74, 6) is 2.25. The van der Waals surface area contributed by atoms with Crippen LogP contribution in [0, 0.1) is 5.82 Å². The van der Waals surface area contributed by atoms with Crippen LogP contribution in [-0.2, 0) is 5.75 Å². The third-order valence-electron chi connectivity index (χ3n) is 2.15. The predicted molar refractivity (Wildman–Crippen MR) is 65.9 cm³/mol. The molecule has 0 spiro atoms. The van der Waals surface area contributed by atoms with Gasteiger partial charge in [0.1, 0.15) is 5.82 Å². The Balaban J connectivity index is 2.24. The molecule has 6 heteroatoms. The number of aromatic nitrogens is 2. The zero-order valence-electron chi connectivity index (χ0n) is 9.31. The SMILES string of the molecule is CCSCc1noc(-c2ccc(F)cc2N)n1. The van der Waals surface area contributed by atoms with Crippen molar-refractivity contribution < 1.29 is 8.91 Å². The lowest BCUT2D eigenvalue weighted by Gasteiger charge is -1.99. The van der Waals surface area contributed by atoms with E-state index in [-0.39, 0.29) is 5.82 Å². The molecule has 4 nitrogen and oxygen atoms in total. The van der Waals surface area contributed by atoms with Crippen molar-refractivity contribution in [3.63, 3.8) is 0 Å². The molecule has 90 valence electrons. The predicted octanol–water partition coefficient (Wildman–Crippen LogP) is 2.71. The van der Waals surface area contributed by atoms with Crippen LogP contribution in [0.4, 0.5) is 10.1 Å². The minimum absolute atomic E-state index is 0.295. The van der Waals surface area contributed by atoms with Crippen LogP contribution in [0.25, 0.3) is 11.5 Å². The Morgan fingerprint density at radius 3 is 3.00 bits per heavy atom. The van der Waals surface area contributed by atoms with Gasteiger partial charge in [-0.25, -0.2) is 4.39 Å². The van der Waals surface area contributed by atoms with Gasteiger partial charge in [0.05, 0.1) is 11.3 Å². The van der Waals surface area contributed by atoms with E-state index in [4.69, 9.17) is 10.3 Å². The molecule has 1 heterocycles. The summed E-state index contributed by atoms with van der Waals surface area (Å²) in [5, 5.41) is 3.84. The molecule has 0 aliphatic rings. The molecule has 1 aromatic heterocycles. The lowest BCUT2D eigenvalue weighted by atomic mass is 10.2. The first-order valence-corrected chi connectivity index (χ1v) is 6.32. The summed E-state index contributed by atoms with van der Waals surface area (Å²) >= 11 is 1.70. The van der Waals surface area contributed by atoms with Gasteiger partial charge in [-0.15, -0.1) is 0 Å². The Kier molecular flexibility index (Phi) is 3.63. The van der Waals surface area contributed by atoms with Gasteiger partial charge in [-0.3, -0.25) is 0 Å². The van der Waals surface area contributed by atoms with E-state index in [0.29, 0.717) is 28.7 Å². The first kappa shape index (κ1) is 11.9. The van der Waals surface area contributed by atoms with Gasteiger partial charge in [0, 0.05) is 5.69 Å². The van der Waals surface area contributed by atoms with E-state index in [1.807, 2.05) is 0 Å². The van der Waals surface area contributed by atoms with Crippen molar-refractivity contribution in [3.8, 4) is 11.5 Å². The highest BCUT2D eigenvalue weighted by atomic mass is 32.2. The summed E-state index contributed by atoms with van der Waals surface area (Å²) in [6, 6.07) is 4.09. The molecular weight excluding hydrogens is 241 g/mol. The smallest absolute Gasteiger partial charge is 0.260 e. The number of benzene rings is 1. The molecule has 0 atom stereocenters. The van der Waals surface area contributed by atoms with E-state index < -0.39 is 0 Å². The number of halogens is 1. The number of nitrogen functional groups attached to an aromatic ring is 1. The Morgan fingerprint density at radius 1 is 1.47 bits per heavy atom. The van der Waals surface area contributed by atoms with Crippen molar-refractivity contribution in [1.29, 1.82) is 0 Å². The molecule has 0 unspecified atom stereocenters. The van der Waals surface area contributed by atoms with E-state index >= 15 is 0 Å². The molecule has 2 N–H and O–H groups in total. The number of hydrogen-bond donors (Lipinski definition) is 1. The summed E-state index contributed by atoms with van der Waals surface area (Å²) in [6.45, 7) is 2.06. The molecule has 0 saturated carbocycles. The Bertz CT molecular complexity index is 515. The largest absolute Gasteiger partial charge is 0.398 e. The second-order valence-corrected chi connectivity index (χ2v) is 4.66. The summed E-state index contributed by atoms with van der Waals surface area (Å²) in [4.78, 5) is 4.21. The van der Waals surface area contributed by atoms with E-state index in [0.717, 1.165) is 5.75 Å². The van der Waals surface area contributed by atoms with Crippen LogP contribution in [-0.4, -0.2) is 15.9 Å². The van der Waals surface area contributed by atoms with Gasteiger partial charge in [0.15, 0.2) is 5.82 Å². The maximum absolute atomic E-state index is 12.9. The molecule has 0 radical (unpaired) electrons. The first-order chi connectivity index (χ1) is 8.20. The standard InChI is InChI=1S/C11H12FN3OS/c1-2-17-6-10-14-11(16-15-10)8-4-3-7(12)5-9(8)13/h3-5H,2,6,13H2,1H3. The molecule has 0 aliphatic carbocycles. The highest BCUT2D eigenvalue weighted by Gasteiger charge is 2.12. The van der Waals surface area contributed by atoms with E-state index in [1.54, 1.807) is 11.8 Å². The highest BCUT2D eigenvalue weighted by molar-refractivity contribution is 7.98. The first-order valence-electron chi connectivity index (χ1n) is 5.16. The number of hydrogen-bond acceptors (Lipinski definition) is 5. The van der Waals surface area contributed by atoms with Crippen LogP contribution < -0.4 is 5.73 Å². The number of anilines is 1. The molecule has 0 saturated heterocycles. The minimum atomic E-state index is -0.382. The van der Waals surface area contributed by atoms with E-state index in [9.17, 15) is 4.39 Å². The van der Waals surface area contributed by atoms with Gasteiger partial charge >= 0.3 is 0 Å². The molecule has 2 aromatic rings. The van der Waals surface area contributed by atoms with Crippen molar-refractivity contribution in [2.24, 2.45) is 0 Å². The van der Waals surface area contributed by atoms with Crippen molar-refractivity contribution in [1.82, 2.24) is 10.1 Å². The molecule has 2 rings (SSSR count). The van der Waals surface area contributed by atoms with E-state index in [2.05, 4.69) is 17.1 Å². The molecule has 0 amide bonds. The molecular formula is C11H12FN3OS. The summed E-state index contributed by atoms with van der Waals surface area (Å²) in [7, 11) is 0. The average molecular weight is 253 g/mol. The second-order valence-electron chi connectivity index (χ2n) is 3.38. The van der Waals surface area contributed by atoms with Gasteiger partial charge in [-0.1, -0.05) is 12.1 Å².